The standard InChI is InChI=1S/C12H15NO2S/c1-4-5-8-11-9(14-2)6-7-10(15-3)12(11)16-13-8/h6-7H,4-5H2,1-3H3. The quantitative estimate of drug-likeness (QED) is 0.817. The number of fused-ring (bicyclic) bond motifs is 1. The molecule has 0 spiro atoms. The van der Waals surface area contributed by atoms with Crippen molar-refractivity contribution in [3.63, 3.8) is 0 Å². The lowest BCUT2D eigenvalue weighted by molar-refractivity contribution is 0.411. The lowest BCUT2D eigenvalue weighted by Crippen LogP contribution is -1.90. The van der Waals surface area contributed by atoms with Gasteiger partial charge in [-0.05, 0) is 30.1 Å². The summed E-state index contributed by atoms with van der Waals surface area (Å²) in [4.78, 5) is 0. The van der Waals surface area contributed by atoms with Gasteiger partial charge in [-0.3, -0.25) is 0 Å². The highest BCUT2D eigenvalue weighted by Gasteiger charge is 2.14. The second-order valence-electron chi connectivity index (χ2n) is 3.55. The summed E-state index contributed by atoms with van der Waals surface area (Å²) in [6.07, 6.45) is 2.06. The number of methoxy groups -OCH3 is 2. The van der Waals surface area contributed by atoms with E-state index in [0.717, 1.165) is 40.1 Å². The van der Waals surface area contributed by atoms with Crippen molar-refractivity contribution in [2.24, 2.45) is 0 Å². The van der Waals surface area contributed by atoms with Crippen LogP contribution >= 0.6 is 11.5 Å². The summed E-state index contributed by atoms with van der Waals surface area (Å²) >= 11 is 1.48. The van der Waals surface area contributed by atoms with Gasteiger partial charge >= 0.3 is 0 Å². The zero-order chi connectivity index (χ0) is 11.5. The van der Waals surface area contributed by atoms with E-state index in [9.17, 15) is 0 Å². The maximum atomic E-state index is 5.38. The van der Waals surface area contributed by atoms with E-state index >= 15 is 0 Å². The summed E-state index contributed by atoms with van der Waals surface area (Å²) in [6, 6.07) is 3.86. The van der Waals surface area contributed by atoms with Crippen molar-refractivity contribution < 1.29 is 9.47 Å². The van der Waals surface area contributed by atoms with Crippen molar-refractivity contribution in [1.82, 2.24) is 4.37 Å². The minimum atomic E-state index is 0.871. The number of nitrogens with zero attached hydrogens (tertiary/aromatic N) is 1. The molecule has 0 unspecified atom stereocenters. The van der Waals surface area contributed by atoms with Crippen LogP contribution in [0.5, 0.6) is 11.5 Å². The summed E-state index contributed by atoms with van der Waals surface area (Å²) < 4.78 is 16.3. The third-order valence-corrected chi connectivity index (χ3v) is 3.45. The fraction of sp³-hybridized carbons (Fsp3) is 0.417. The van der Waals surface area contributed by atoms with Crippen LogP contribution in [-0.4, -0.2) is 18.6 Å². The first-order chi connectivity index (χ1) is 7.81. The maximum Gasteiger partial charge on any atom is 0.138 e. The summed E-state index contributed by atoms with van der Waals surface area (Å²) in [6.45, 7) is 2.15. The van der Waals surface area contributed by atoms with Gasteiger partial charge in [0.15, 0.2) is 0 Å². The van der Waals surface area contributed by atoms with Crippen LogP contribution in [0.4, 0.5) is 0 Å². The lowest BCUT2D eigenvalue weighted by Gasteiger charge is -2.06. The smallest absolute Gasteiger partial charge is 0.138 e. The average molecular weight is 237 g/mol. The molecule has 1 heterocycles. The van der Waals surface area contributed by atoms with E-state index in [-0.39, 0.29) is 0 Å². The summed E-state index contributed by atoms with van der Waals surface area (Å²) in [5.41, 5.74) is 1.11. The Bertz CT molecular complexity index is 493. The zero-order valence-electron chi connectivity index (χ0n) is 9.74. The SMILES string of the molecule is CCCc1nsc2c(OC)ccc(OC)c12. The molecule has 4 heteroatoms. The van der Waals surface area contributed by atoms with Gasteiger partial charge in [-0.1, -0.05) is 13.3 Å². The topological polar surface area (TPSA) is 31.4 Å². The van der Waals surface area contributed by atoms with Crippen LogP contribution in [0.25, 0.3) is 10.1 Å². The van der Waals surface area contributed by atoms with Gasteiger partial charge in [-0.2, -0.15) is 4.37 Å². The van der Waals surface area contributed by atoms with Gasteiger partial charge in [0.2, 0.25) is 0 Å². The minimum absolute atomic E-state index is 0.871. The molecule has 0 fully saturated rings. The van der Waals surface area contributed by atoms with E-state index in [2.05, 4.69) is 11.3 Å². The summed E-state index contributed by atoms with van der Waals surface area (Å²) in [5.74, 6) is 1.75. The second kappa shape index (κ2) is 4.70. The third-order valence-electron chi connectivity index (χ3n) is 2.55. The van der Waals surface area contributed by atoms with E-state index < -0.39 is 0 Å². The Hall–Kier alpha value is -1.29. The lowest BCUT2D eigenvalue weighted by atomic mass is 10.1. The molecule has 0 N–H and O–H groups in total. The van der Waals surface area contributed by atoms with Gasteiger partial charge < -0.3 is 9.47 Å². The molecule has 1 aromatic heterocycles. The minimum Gasteiger partial charge on any atom is -0.496 e. The number of aromatic nitrogens is 1. The molecule has 0 bridgehead atoms. The summed E-state index contributed by atoms with van der Waals surface area (Å²) in [7, 11) is 3.37. The van der Waals surface area contributed by atoms with Gasteiger partial charge in [0.25, 0.3) is 0 Å². The van der Waals surface area contributed by atoms with Gasteiger partial charge in [0, 0.05) is 0 Å². The van der Waals surface area contributed by atoms with Crippen LogP contribution in [0.3, 0.4) is 0 Å². The Morgan fingerprint density at radius 2 is 1.88 bits per heavy atom. The van der Waals surface area contributed by atoms with Crippen LogP contribution < -0.4 is 9.47 Å². The summed E-state index contributed by atoms with van der Waals surface area (Å²) in [5, 5.41) is 1.11. The molecule has 2 rings (SSSR count). The number of aryl methyl sites for hydroxylation is 1. The number of hydrogen-bond acceptors (Lipinski definition) is 4. The molecule has 0 amide bonds. The number of hydrogen-bond donors (Lipinski definition) is 0. The molecule has 0 aliphatic carbocycles. The largest absolute Gasteiger partial charge is 0.496 e. The number of ether oxygens (including phenoxy) is 2. The molecule has 86 valence electrons. The molecular formula is C12H15NO2S. The molecule has 0 aliphatic rings. The molecule has 0 saturated heterocycles. The van der Waals surface area contributed by atoms with Crippen LogP contribution in [0, 0.1) is 0 Å². The molecule has 3 nitrogen and oxygen atoms in total. The maximum absolute atomic E-state index is 5.38. The first kappa shape index (κ1) is 11.2. The second-order valence-corrected chi connectivity index (χ2v) is 4.33. The Kier molecular flexibility index (Phi) is 3.29. The monoisotopic (exact) mass is 237 g/mol. The van der Waals surface area contributed by atoms with E-state index in [1.807, 2.05) is 12.1 Å². The average Bonchev–Trinajstić information content (AvgIpc) is 2.73. The normalized spacial score (nSPS) is 10.7. The van der Waals surface area contributed by atoms with E-state index in [1.54, 1.807) is 14.2 Å². The van der Waals surface area contributed by atoms with Crippen LogP contribution in [-0.2, 0) is 6.42 Å². The van der Waals surface area contributed by atoms with Gasteiger partial charge in [-0.25, -0.2) is 0 Å². The van der Waals surface area contributed by atoms with Crippen molar-refractivity contribution in [2.75, 3.05) is 14.2 Å². The van der Waals surface area contributed by atoms with Crippen molar-refractivity contribution in [1.29, 1.82) is 0 Å². The highest BCUT2D eigenvalue weighted by Crippen LogP contribution is 2.38. The Morgan fingerprint density at radius 3 is 2.50 bits per heavy atom. The Morgan fingerprint density at radius 1 is 1.19 bits per heavy atom. The van der Waals surface area contributed by atoms with E-state index in [4.69, 9.17) is 9.47 Å². The Balaban J connectivity index is 2.67. The molecule has 2 aromatic rings. The van der Waals surface area contributed by atoms with Gasteiger partial charge in [0.1, 0.15) is 16.2 Å². The zero-order valence-corrected chi connectivity index (χ0v) is 10.6. The molecule has 0 atom stereocenters. The third kappa shape index (κ3) is 1.73. The first-order valence-electron chi connectivity index (χ1n) is 5.31. The van der Waals surface area contributed by atoms with Crippen molar-refractivity contribution in [2.45, 2.75) is 19.8 Å². The molecule has 0 aliphatic heterocycles. The van der Waals surface area contributed by atoms with Crippen molar-refractivity contribution in [3.8, 4) is 11.5 Å². The van der Waals surface area contributed by atoms with Crippen LogP contribution in [0.1, 0.15) is 19.0 Å². The van der Waals surface area contributed by atoms with Crippen LogP contribution in [0.2, 0.25) is 0 Å². The first-order valence-corrected chi connectivity index (χ1v) is 6.08. The van der Waals surface area contributed by atoms with Gasteiger partial charge in [-0.15, -0.1) is 0 Å². The molecular weight excluding hydrogens is 222 g/mol. The van der Waals surface area contributed by atoms with Crippen molar-refractivity contribution in [3.05, 3.63) is 17.8 Å². The van der Waals surface area contributed by atoms with Gasteiger partial charge in [0.05, 0.1) is 25.3 Å². The highest BCUT2D eigenvalue weighted by molar-refractivity contribution is 7.14. The fourth-order valence-corrected chi connectivity index (χ4v) is 2.73. The molecule has 0 radical (unpaired) electrons. The van der Waals surface area contributed by atoms with Crippen LogP contribution in [0.15, 0.2) is 12.1 Å². The predicted molar refractivity (Wildman–Crippen MR) is 66.7 cm³/mol. The fourth-order valence-electron chi connectivity index (χ4n) is 1.79. The van der Waals surface area contributed by atoms with E-state index in [0.29, 0.717) is 0 Å². The number of rotatable bonds is 4. The molecule has 1 aromatic carbocycles. The van der Waals surface area contributed by atoms with E-state index in [1.165, 1.54) is 11.5 Å². The predicted octanol–water partition coefficient (Wildman–Crippen LogP) is 3.27. The number of benzene rings is 1. The highest BCUT2D eigenvalue weighted by atomic mass is 32.1. The molecule has 0 saturated carbocycles. The molecule has 16 heavy (non-hydrogen) atoms. The Labute approximate surface area is 99.2 Å². The van der Waals surface area contributed by atoms with Crippen molar-refractivity contribution >= 4 is 21.6 Å².